The van der Waals surface area contributed by atoms with Crippen molar-refractivity contribution in [2.75, 3.05) is 55.4 Å². The van der Waals surface area contributed by atoms with Gasteiger partial charge in [0.05, 0.1) is 19.8 Å². The Labute approximate surface area is 142 Å². The Hall–Kier alpha value is -2.28. The Balaban J connectivity index is 2.38. The molecule has 24 heavy (non-hydrogen) atoms. The quantitative estimate of drug-likeness (QED) is 0.442. The number of nitrogens with two attached hydrogens (primary N) is 1. The molecule has 130 valence electrons. The lowest BCUT2D eigenvalue weighted by atomic mass is 10.0. The van der Waals surface area contributed by atoms with Gasteiger partial charge in [-0.2, -0.15) is 0 Å². The van der Waals surface area contributed by atoms with Gasteiger partial charge in [-0.1, -0.05) is 12.1 Å². The zero-order chi connectivity index (χ0) is 17.4. The number of nitrogen functional groups attached to an aromatic ring is 1. The molecule has 0 saturated heterocycles. The number of aliphatic hydroxyl groups excluding tert-OH is 3. The fourth-order valence-corrected chi connectivity index (χ4v) is 2.63. The highest BCUT2D eigenvalue weighted by molar-refractivity contribution is 5.82. The molecule has 2 rings (SSSR count). The smallest absolute Gasteiger partial charge is 0.0606 e. The van der Waals surface area contributed by atoms with Gasteiger partial charge in [0.15, 0.2) is 0 Å². The van der Waals surface area contributed by atoms with Crippen molar-refractivity contribution in [2.45, 2.75) is 0 Å². The van der Waals surface area contributed by atoms with Crippen molar-refractivity contribution in [1.82, 2.24) is 0 Å². The molecule has 2 aromatic rings. The molecule has 0 aromatic heterocycles. The standard InChI is InChI=1S/C18H25N3O3/c19-15-4-5-18(20-6-9-22)17(13-15)14-2-1-3-16(12-14)21(7-10-23)8-11-24/h1-5,12-13,20,22-24H,6-11,19H2. The van der Waals surface area contributed by atoms with Crippen molar-refractivity contribution in [1.29, 1.82) is 0 Å². The van der Waals surface area contributed by atoms with Crippen LogP contribution in [0.3, 0.4) is 0 Å². The lowest BCUT2D eigenvalue weighted by molar-refractivity contribution is 0.281. The van der Waals surface area contributed by atoms with E-state index in [0.29, 0.717) is 25.3 Å². The number of anilines is 3. The maximum absolute atomic E-state index is 9.22. The summed E-state index contributed by atoms with van der Waals surface area (Å²) in [5, 5.41) is 30.7. The van der Waals surface area contributed by atoms with Crippen LogP contribution in [0.15, 0.2) is 42.5 Å². The number of hydrogen-bond acceptors (Lipinski definition) is 6. The zero-order valence-electron chi connectivity index (χ0n) is 13.7. The Kier molecular flexibility index (Phi) is 6.87. The first-order valence-corrected chi connectivity index (χ1v) is 8.01. The van der Waals surface area contributed by atoms with E-state index < -0.39 is 0 Å². The van der Waals surface area contributed by atoms with E-state index in [1.54, 1.807) is 0 Å². The van der Waals surface area contributed by atoms with Crippen molar-refractivity contribution < 1.29 is 15.3 Å². The summed E-state index contributed by atoms with van der Waals surface area (Å²) in [5.41, 5.74) is 10.3. The molecular formula is C18H25N3O3. The normalized spacial score (nSPS) is 10.6. The van der Waals surface area contributed by atoms with E-state index in [-0.39, 0.29) is 19.8 Å². The monoisotopic (exact) mass is 331 g/mol. The van der Waals surface area contributed by atoms with Crippen LogP contribution in [0.2, 0.25) is 0 Å². The number of benzene rings is 2. The van der Waals surface area contributed by atoms with Gasteiger partial charge in [0.25, 0.3) is 0 Å². The number of nitrogens with one attached hydrogen (secondary N) is 1. The highest BCUT2D eigenvalue weighted by Crippen LogP contribution is 2.32. The third-order valence-electron chi connectivity index (χ3n) is 3.73. The van der Waals surface area contributed by atoms with E-state index in [9.17, 15) is 10.2 Å². The van der Waals surface area contributed by atoms with Crippen LogP contribution in [0.25, 0.3) is 11.1 Å². The third kappa shape index (κ3) is 4.61. The topological polar surface area (TPSA) is 102 Å². The van der Waals surface area contributed by atoms with E-state index >= 15 is 0 Å². The molecule has 2 aromatic carbocycles. The summed E-state index contributed by atoms with van der Waals surface area (Å²) in [6.45, 7) is 1.45. The summed E-state index contributed by atoms with van der Waals surface area (Å²) < 4.78 is 0. The van der Waals surface area contributed by atoms with Gasteiger partial charge in [0, 0.05) is 42.3 Å². The summed E-state index contributed by atoms with van der Waals surface area (Å²) in [5.74, 6) is 0. The molecule has 0 spiro atoms. The Morgan fingerprint density at radius 3 is 2.33 bits per heavy atom. The van der Waals surface area contributed by atoms with E-state index in [1.165, 1.54) is 0 Å². The Morgan fingerprint density at radius 2 is 1.67 bits per heavy atom. The molecule has 0 heterocycles. The Morgan fingerprint density at radius 1 is 0.917 bits per heavy atom. The van der Waals surface area contributed by atoms with Crippen LogP contribution < -0.4 is 16.0 Å². The highest BCUT2D eigenvalue weighted by atomic mass is 16.3. The molecule has 0 aliphatic heterocycles. The van der Waals surface area contributed by atoms with Crippen LogP contribution in [0, 0.1) is 0 Å². The van der Waals surface area contributed by atoms with Crippen LogP contribution in [0.1, 0.15) is 0 Å². The van der Waals surface area contributed by atoms with Gasteiger partial charge >= 0.3 is 0 Å². The van der Waals surface area contributed by atoms with Crippen molar-refractivity contribution in [3.05, 3.63) is 42.5 Å². The molecule has 0 atom stereocenters. The second-order valence-corrected chi connectivity index (χ2v) is 5.44. The van der Waals surface area contributed by atoms with E-state index in [4.69, 9.17) is 10.8 Å². The second-order valence-electron chi connectivity index (χ2n) is 5.44. The fraction of sp³-hybridized carbons (Fsp3) is 0.333. The number of rotatable bonds is 9. The second kappa shape index (κ2) is 9.12. The molecule has 0 fully saturated rings. The maximum atomic E-state index is 9.22. The molecule has 0 aliphatic rings. The van der Waals surface area contributed by atoms with Crippen LogP contribution in [0.4, 0.5) is 17.1 Å². The first kappa shape index (κ1) is 18.1. The van der Waals surface area contributed by atoms with Gasteiger partial charge in [-0.3, -0.25) is 0 Å². The van der Waals surface area contributed by atoms with E-state index in [1.807, 2.05) is 47.4 Å². The zero-order valence-corrected chi connectivity index (χ0v) is 13.7. The summed E-state index contributed by atoms with van der Waals surface area (Å²) >= 11 is 0. The molecular weight excluding hydrogens is 306 g/mol. The lowest BCUT2D eigenvalue weighted by Crippen LogP contribution is -2.29. The summed E-state index contributed by atoms with van der Waals surface area (Å²) in [7, 11) is 0. The predicted molar refractivity (Wildman–Crippen MR) is 98.3 cm³/mol. The van der Waals surface area contributed by atoms with Gasteiger partial charge in [-0.25, -0.2) is 0 Å². The maximum Gasteiger partial charge on any atom is 0.0606 e. The molecule has 6 N–H and O–H groups in total. The average Bonchev–Trinajstić information content (AvgIpc) is 2.60. The first-order chi connectivity index (χ1) is 11.7. The average molecular weight is 331 g/mol. The SMILES string of the molecule is Nc1ccc(NCCO)c(-c2cccc(N(CCO)CCO)c2)c1. The minimum Gasteiger partial charge on any atom is -0.399 e. The summed E-state index contributed by atoms with van der Waals surface area (Å²) in [6, 6.07) is 13.5. The minimum absolute atomic E-state index is 0.0197. The number of aliphatic hydroxyl groups is 3. The highest BCUT2D eigenvalue weighted by Gasteiger charge is 2.10. The van der Waals surface area contributed by atoms with Crippen LogP contribution >= 0.6 is 0 Å². The van der Waals surface area contributed by atoms with Crippen LogP contribution in [0.5, 0.6) is 0 Å². The molecule has 0 saturated carbocycles. The largest absolute Gasteiger partial charge is 0.399 e. The summed E-state index contributed by atoms with van der Waals surface area (Å²) in [4.78, 5) is 1.93. The van der Waals surface area contributed by atoms with Gasteiger partial charge in [-0.05, 0) is 35.9 Å². The lowest BCUT2D eigenvalue weighted by Gasteiger charge is -2.24. The third-order valence-corrected chi connectivity index (χ3v) is 3.73. The van der Waals surface area contributed by atoms with Gasteiger partial charge in [-0.15, -0.1) is 0 Å². The first-order valence-electron chi connectivity index (χ1n) is 8.01. The van der Waals surface area contributed by atoms with Gasteiger partial charge in [0.2, 0.25) is 0 Å². The van der Waals surface area contributed by atoms with Crippen molar-refractivity contribution in [3.63, 3.8) is 0 Å². The number of hydrogen-bond donors (Lipinski definition) is 5. The van der Waals surface area contributed by atoms with Crippen LogP contribution in [-0.2, 0) is 0 Å². The van der Waals surface area contributed by atoms with Gasteiger partial charge < -0.3 is 31.3 Å². The van der Waals surface area contributed by atoms with E-state index in [2.05, 4.69) is 5.32 Å². The molecule has 6 nitrogen and oxygen atoms in total. The predicted octanol–water partition coefficient (Wildman–Crippen LogP) is 1.13. The van der Waals surface area contributed by atoms with Crippen molar-refractivity contribution in [3.8, 4) is 11.1 Å². The number of nitrogens with zero attached hydrogens (tertiary/aromatic N) is 1. The van der Waals surface area contributed by atoms with Crippen molar-refractivity contribution in [2.24, 2.45) is 0 Å². The van der Waals surface area contributed by atoms with Crippen LogP contribution in [-0.4, -0.2) is 54.8 Å². The minimum atomic E-state index is 0.0197. The molecule has 0 aliphatic carbocycles. The summed E-state index contributed by atoms with van der Waals surface area (Å²) in [6.07, 6.45) is 0. The molecule has 0 bridgehead atoms. The fourth-order valence-electron chi connectivity index (χ4n) is 2.63. The molecule has 6 heteroatoms. The molecule has 0 radical (unpaired) electrons. The Bertz CT molecular complexity index is 643. The molecule has 0 unspecified atom stereocenters. The van der Waals surface area contributed by atoms with Crippen molar-refractivity contribution >= 4 is 17.1 Å². The van der Waals surface area contributed by atoms with E-state index in [0.717, 1.165) is 22.5 Å². The van der Waals surface area contributed by atoms with Gasteiger partial charge in [0.1, 0.15) is 0 Å². The molecule has 0 amide bonds.